The van der Waals surface area contributed by atoms with E-state index in [1.807, 2.05) is 4.90 Å². The van der Waals surface area contributed by atoms with Gasteiger partial charge in [-0.3, -0.25) is 0 Å². The minimum atomic E-state index is -0.333. The Balaban J connectivity index is 2.20. The Morgan fingerprint density at radius 2 is 2.41 bits per heavy atom. The van der Waals surface area contributed by atoms with Gasteiger partial charge in [0.15, 0.2) is 11.6 Å². The van der Waals surface area contributed by atoms with Crippen LogP contribution < -0.4 is 10.2 Å². The lowest BCUT2D eigenvalue weighted by Crippen LogP contribution is -2.36. The van der Waals surface area contributed by atoms with Crippen molar-refractivity contribution >= 4 is 11.8 Å². The summed E-state index contributed by atoms with van der Waals surface area (Å²) < 4.78 is 13.7. The summed E-state index contributed by atoms with van der Waals surface area (Å²) in [7, 11) is 1.74. The molecule has 1 aliphatic heterocycles. The van der Waals surface area contributed by atoms with Crippen molar-refractivity contribution in [3.8, 4) is 0 Å². The number of anilines is 2. The van der Waals surface area contributed by atoms with Crippen LogP contribution >= 0.6 is 0 Å². The van der Waals surface area contributed by atoms with Crippen molar-refractivity contribution in [3.63, 3.8) is 0 Å². The molecule has 1 saturated heterocycles. The molecule has 0 amide bonds. The third-order valence-corrected chi connectivity index (χ3v) is 3.35. The third kappa shape index (κ3) is 2.65. The summed E-state index contributed by atoms with van der Waals surface area (Å²) in [6.07, 6.45) is 4.72. The van der Waals surface area contributed by atoms with Crippen molar-refractivity contribution in [1.82, 2.24) is 9.97 Å². The van der Waals surface area contributed by atoms with Gasteiger partial charge in [-0.25, -0.2) is 9.37 Å². The van der Waals surface area contributed by atoms with Crippen LogP contribution in [0.5, 0.6) is 0 Å². The molecule has 4 nitrogen and oxygen atoms in total. The number of hydrogen-bond acceptors (Lipinski definition) is 4. The molecule has 0 bridgehead atoms. The first-order valence-corrected chi connectivity index (χ1v) is 6.19. The maximum atomic E-state index is 13.7. The first-order chi connectivity index (χ1) is 8.24. The molecule has 1 aliphatic rings. The average molecular weight is 238 g/mol. The molecule has 1 unspecified atom stereocenters. The second-order valence-electron chi connectivity index (χ2n) is 4.48. The monoisotopic (exact) mass is 238 g/mol. The lowest BCUT2D eigenvalue weighted by atomic mass is 9.96. The summed E-state index contributed by atoms with van der Waals surface area (Å²) in [5, 5.41) is 2.84. The Morgan fingerprint density at radius 3 is 3.12 bits per heavy atom. The van der Waals surface area contributed by atoms with Gasteiger partial charge >= 0.3 is 0 Å². The van der Waals surface area contributed by atoms with Crippen LogP contribution in [-0.2, 0) is 0 Å². The van der Waals surface area contributed by atoms with Gasteiger partial charge < -0.3 is 10.2 Å². The molecule has 2 rings (SSSR count). The molecule has 1 aromatic heterocycles. The molecule has 0 aromatic carbocycles. The Kier molecular flexibility index (Phi) is 3.76. The highest BCUT2D eigenvalue weighted by atomic mass is 19.1. The van der Waals surface area contributed by atoms with E-state index in [1.165, 1.54) is 12.6 Å². The fourth-order valence-corrected chi connectivity index (χ4v) is 2.29. The highest BCUT2D eigenvalue weighted by molar-refractivity contribution is 5.44. The molecule has 5 heteroatoms. The van der Waals surface area contributed by atoms with Crippen molar-refractivity contribution in [2.45, 2.75) is 26.2 Å². The molecule has 1 fully saturated rings. The molecule has 2 heterocycles. The normalized spacial score (nSPS) is 20.4. The molecule has 0 saturated carbocycles. The lowest BCUT2D eigenvalue weighted by Gasteiger charge is -2.33. The van der Waals surface area contributed by atoms with E-state index in [0.717, 1.165) is 25.9 Å². The molecule has 94 valence electrons. The van der Waals surface area contributed by atoms with E-state index < -0.39 is 0 Å². The molecule has 1 N–H and O–H groups in total. The standard InChI is InChI=1S/C12H19FN4/c1-3-9-5-4-6-17(8-9)11-10(13)7-15-12(14-2)16-11/h7,9H,3-6,8H2,1-2H3,(H,14,15,16). The minimum Gasteiger partial charge on any atom is -0.357 e. The van der Waals surface area contributed by atoms with Crippen molar-refractivity contribution in [2.24, 2.45) is 5.92 Å². The fourth-order valence-electron chi connectivity index (χ4n) is 2.29. The van der Waals surface area contributed by atoms with Gasteiger partial charge in [-0.1, -0.05) is 13.3 Å². The maximum Gasteiger partial charge on any atom is 0.224 e. The molecule has 17 heavy (non-hydrogen) atoms. The Labute approximate surface area is 101 Å². The molecule has 0 aliphatic carbocycles. The zero-order valence-corrected chi connectivity index (χ0v) is 10.4. The van der Waals surface area contributed by atoms with Crippen molar-refractivity contribution in [3.05, 3.63) is 12.0 Å². The summed E-state index contributed by atoms with van der Waals surface area (Å²) in [5.41, 5.74) is 0. The van der Waals surface area contributed by atoms with Gasteiger partial charge in [-0.05, 0) is 18.8 Å². The molecule has 1 atom stereocenters. The van der Waals surface area contributed by atoms with Crippen LogP contribution in [0.25, 0.3) is 0 Å². The summed E-state index contributed by atoms with van der Waals surface area (Å²) in [6.45, 7) is 3.96. The fraction of sp³-hybridized carbons (Fsp3) is 0.667. The number of rotatable bonds is 3. The summed E-state index contributed by atoms with van der Waals surface area (Å²) in [4.78, 5) is 10.1. The van der Waals surface area contributed by atoms with Crippen molar-refractivity contribution in [1.29, 1.82) is 0 Å². The molecular weight excluding hydrogens is 219 g/mol. The van der Waals surface area contributed by atoms with Crippen LogP contribution in [0.2, 0.25) is 0 Å². The first-order valence-electron chi connectivity index (χ1n) is 6.19. The van der Waals surface area contributed by atoms with E-state index in [4.69, 9.17) is 0 Å². The largest absolute Gasteiger partial charge is 0.357 e. The molecule has 1 aromatic rings. The van der Waals surface area contributed by atoms with Crippen LogP contribution in [0.15, 0.2) is 6.20 Å². The van der Waals surface area contributed by atoms with E-state index >= 15 is 0 Å². The topological polar surface area (TPSA) is 41.1 Å². The Hall–Kier alpha value is -1.39. The minimum absolute atomic E-state index is 0.333. The van der Waals surface area contributed by atoms with Crippen LogP contribution in [-0.4, -0.2) is 30.1 Å². The summed E-state index contributed by atoms with van der Waals surface area (Å²) >= 11 is 0. The second-order valence-corrected chi connectivity index (χ2v) is 4.48. The van der Waals surface area contributed by atoms with E-state index in [1.54, 1.807) is 7.05 Å². The van der Waals surface area contributed by atoms with Gasteiger partial charge in [0, 0.05) is 20.1 Å². The predicted octanol–water partition coefficient (Wildman–Crippen LogP) is 2.28. The number of nitrogens with zero attached hydrogens (tertiary/aromatic N) is 3. The number of hydrogen-bond donors (Lipinski definition) is 1. The zero-order valence-electron chi connectivity index (χ0n) is 10.4. The first kappa shape index (κ1) is 12.1. The summed E-state index contributed by atoms with van der Waals surface area (Å²) in [6, 6.07) is 0. The maximum absolute atomic E-state index is 13.7. The number of nitrogens with one attached hydrogen (secondary N) is 1. The molecule has 0 spiro atoms. The van der Waals surface area contributed by atoms with Crippen LogP contribution in [0.4, 0.5) is 16.2 Å². The SMILES string of the molecule is CCC1CCCN(c2nc(NC)ncc2F)C1. The van der Waals surface area contributed by atoms with Gasteiger partial charge in [0.05, 0.1) is 6.20 Å². The van der Waals surface area contributed by atoms with Gasteiger partial charge in [0.25, 0.3) is 0 Å². The van der Waals surface area contributed by atoms with Gasteiger partial charge in [-0.2, -0.15) is 4.98 Å². The quantitative estimate of drug-likeness (QED) is 0.877. The third-order valence-electron chi connectivity index (χ3n) is 3.35. The molecular formula is C12H19FN4. The highest BCUT2D eigenvalue weighted by Gasteiger charge is 2.22. The van der Waals surface area contributed by atoms with Gasteiger partial charge in [-0.15, -0.1) is 0 Å². The number of piperidine rings is 1. The number of aromatic nitrogens is 2. The van der Waals surface area contributed by atoms with Crippen LogP contribution in [0.3, 0.4) is 0 Å². The van der Waals surface area contributed by atoms with Crippen LogP contribution in [0.1, 0.15) is 26.2 Å². The van der Waals surface area contributed by atoms with Crippen molar-refractivity contribution in [2.75, 3.05) is 30.4 Å². The summed E-state index contributed by atoms with van der Waals surface area (Å²) in [5.74, 6) is 1.22. The van der Waals surface area contributed by atoms with E-state index in [0.29, 0.717) is 17.7 Å². The van der Waals surface area contributed by atoms with Crippen LogP contribution in [0, 0.1) is 11.7 Å². The zero-order chi connectivity index (χ0) is 12.3. The Morgan fingerprint density at radius 1 is 1.59 bits per heavy atom. The van der Waals surface area contributed by atoms with Gasteiger partial charge in [0.2, 0.25) is 5.95 Å². The average Bonchev–Trinajstić information content (AvgIpc) is 2.39. The van der Waals surface area contributed by atoms with E-state index in [-0.39, 0.29) is 5.82 Å². The predicted molar refractivity (Wildman–Crippen MR) is 66.8 cm³/mol. The smallest absolute Gasteiger partial charge is 0.224 e. The second kappa shape index (κ2) is 5.29. The lowest BCUT2D eigenvalue weighted by molar-refractivity contribution is 0.399. The van der Waals surface area contributed by atoms with E-state index in [9.17, 15) is 4.39 Å². The molecule has 0 radical (unpaired) electrons. The Bertz CT molecular complexity index is 383. The van der Waals surface area contributed by atoms with E-state index in [2.05, 4.69) is 22.2 Å². The van der Waals surface area contributed by atoms with Gasteiger partial charge in [0.1, 0.15) is 0 Å². The number of halogens is 1. The highest BCUT2D eigenvalue weighted by Crippen LogP contribution is 2.25. The van der Waals surface area contributed by atoms with Crippen molar-refractivity contribution < 1.29 is 4.39 Å².